The highest BCUT2D eigenvalue weighted by Crippen LogP contribution is 2.32. The van der Waals surface area contributed by atoms with E-state index < -0.39 is 22.4 Å². The molecular formula is C28H36N8O6S. The van der Waals surface area contributed by atoms with Crippen molar-refractivity contribution in [2.24, 2.45) is 0 Å². The van der Waals surface area contributed by atoms with Gasteiger partial charge in [0.2, 0.25) is 5.95 Å². The third-order valence-corrected chi connectivity index (χ3v) is 9.21. The van der Waals surface area contributed by atoms with Gasteiger partial charge in [-0.25, -0.2) is 19.5 Å². The molecular weight excluding hydrogens is 576 g/mol. The second-order valence-electron chi connectivity index (χ2n) is 11.1. The first-order chi connectivity index (χ1) is 20.4. The van der Waals surface area contributed by atoms with E-state index in [1.165, 1.54) is 11.2 Å². The zero-order valence-corrected chi connectivity index (χ0v) is 25.5. The minimum atomic E-state index is -4.01. The Hall–Kier alpha value is -4.11. The summed E-state index contributed by atoms with van der Waals surface area (Å²) in [6.07, 6.45) is 5.61. The number of ketones is 1. The number of Topliss-reactive ketones (excluding diaryl/α,β-unsaturated/α-hetero) is 1. The van der Waals surface area contributed by atoms with Gasteiger partial charge in [0, 0.05) is 43.8 Å². The van der Waals surface area contributed by atoms with E-state index in [0.29, 0.717) is 35.5 Å². The van der Waals surface area contributed by atoms with Gasteiger partial charge in [0.1, 0.15) is 11.5 Å². The van der Waals surface area contributed by atoms with Crippen molar-refractivity contribution in [3.63, 3.8) is 0 Å². The number of nitrogens with one attached hydrogen (secondary N) is 2. The van der Waals surface area contributed by atoms with Crippen molar-refractivity contribution in [1.29, 1.82) is 0 Å². The van der Waals surface area contributed by atoms with Gasteiger partial charge in [-0.2, -0.15) is 17.7 Å². The van der Waals surface area contributed by atoms with E-state index in [2.05, 4.69) is 15.3 Å². The number of rotatable bonds is 8. The van der Waals surface area contributed by atoms with Crippen molar-refractivity contribution in [3.8, 4) is 0 Å². The standard InChI is InChI=1S/C28H36N8O6S/c1-17(2)42-28(39)33-43(40,41)35-13-11-34(12-14-35)21-9-10-23(29-15-21)31-27-30-16-22-18(3)24(19(4)37)26(38)36(25(22)32-27)20-7-5-6-8-20/h9-10,15-17,20H,5-8,11-14H2,1-4H3,(H,33,39)(H,29,30,31,32). The number of piperazine rings is 1. The number of aryl methyl sites for hydroxylation is 1. The van der Waals surface area contributed by atoms with Crippen LogP contribution in [0.15, 0.2) is 29.3 Å². The summed E-state index contributed by atoms with van der Waals surface area (Å²) in [5.41, 5.74) is 1.75. The Balaban J connectivity index is 1.30. The molecule has 1 aliphatic heterocycles. The largest absolute Gasteiger partial charge is 0.446 e. The Morgan fingerprint density at radius 1 is 1.05 bits per heavy atom. The zero-order valence-electron chi connectivity index (χ0n) is 24.7. The van der Waals surface area contributed by atoms with Crippen LogP contribution < -0.4 is 20.5 Å². The molecule has 14 nitrogen and oxygen atoms in total. The summed E-state index contributed by atoms with van der Waals surface area (Å²) in [7, 11) is -4.01. The Morgan fingerprint density at radius 2 is 1.74 bits per heavy atom. The monoisotopic (exact) mass is 612 g/mol. The highest BCUT2D eigenvalue weighted by atomic mass is 32.2. The molecule has 0 aromatic carbocycles. The molecule has 1 saturated carbocycles. The summed E-state index contributed by atoms with van der Waals surface area (Å²) in [4.78, 5) is 53.2. The maximum atomic E-state index is 13.4. The molecule has 2 aliphatic rings. The van der Waals surface area contributed by atoms with E-state index in [0.717, 1.165) is 31.4 Å². The molecule has 230 valence electrons. The first-order valence-electron chi connectivity index (χ1n) is 14.3. The van der Waals surface area contributed by atoms with Gasteiger partial charge < -0.3 is 15.0 Å². The molecule has 0 unspecified atom stereocenters. The molecule has 5 rings (SSSR count). The van der Waals surface area contributed by atoms with E-state index in [9.17, 15) is 22.8 Å². The number of carbonyl (C=O) groups is 2. The summed E-state index contributed by atoms with van der Waals surface area (Å²) in [6, 6.07) is 3.61. The quantitative estimate of drug-likeness (QED) is 0.359. The molecule has 3 aromatic rings. The lowest BCUT2D eigenvalue weighted by Crippen LogP contribution is -2.53. The van der Waals surface area contributed by atoms with Crippen LogP contribution in [0.3, 0.4) is 0 Å². The highest BCUT2D eigenvalue weighted by Gasteiger charge is 2.30. The topological polar surface area (TPSA) is 169 Å². The summed E-state index contributed by atoms with van der Waals surface area (Å²) >= 11 is 0. The fourth-order valence-electron chi connectivity index (χ4n) is 5.67. The second-order valence-corrected chi connectivity index (χ2v) is 12.7. The maximum Gasteiger partial charge on any atom is 0.422 e. The Bertz CT molecular complexity index is 1690. The normalized spacial score (nSPS) is 16.5. The van der Waals surface area contributed by atoms with Crippen molar-refractivity contribution < 1.29 is 22.7 Å². The van der Waals surface area contributed by atoms with Gasteiger partial charge in [-0.3, -0.25) is 14.2 Å². The van der Waals surface area contributed by atoms with Crippen LogP contribution in [0.2, 0.25) is 0 Å². The molecule has 43 heavy (non-hydrogen) atoms. The number of amides is 1. The average Bonchev–Trinajstić information content (AvgIpc) is 3.47. The van der Waals surface area contributed by atoms with Gasteiger partial charge in [0.15, 0.2) is 5.78 Å². The molecule has 1 aliphatic carbocycles. The summed E-state index contributed by atoms with van der Waals surface area (Å²) in [5.74, 6) is 0.494. The van der Waals surface area contributed by atoms with Crippen molar-refractivity contribution in [2.75, 3.05) is 36.4 Å². The smallest absolute Gasteiger partial charge is 0.422 e. The van der Waals surface area contributed by atoms with Gasteiger partial charge in [0.25, 0.3) is 5.56 Å². The van der Waals surface area contributed by atoms with Crippen LogP contribution in [0.25, 0.3) is 11.0 Å². The molecule has 4 heterocycles. The van der Waals surface area contributed by atoms with Crippen molar-refractivity contribution in [3.05, 3.63) is 46.0 Å². The highest BCUT2D eigenvalue weighted by molar-refractivity contribution is 7.87. The molecule has 0 spiro atoms. The lowest BCUT2D eigenvalue weighted by atomic mass is 10.0. The summed E-state index contributed by atoms with van der Waals surface area (Å²) < 4.78 is 34.7. The number of hydrogen-bond acceptors (Lipinski definition) is 11. The van der Waals surface area contributed by atoms with Crippen LogP contribution in [-0.4, -0.2) is 76.4 Å². The van der Waals surface area contributed by atoms with E-state index in [1.54, 1.807) is 43.8 Å². The molecule has 0 atom stereocenters. The van der Waals surface area contributed by atoms with Crippen molar-refractivity contribution in [2.45, 2.75) is 65.5 Å². The summed E-state index contributed by atoms with van der Waals surface area (Å²) in [6.45, 7) is 7.61. The first-order valence-corrected chi connectivity index (χ1v) is 15.8. The summed E-state index contributed by atoms with van der Waals surface area (Å²) in [5, 5.41) is 3.77. The predicted octanol–water partition coefficient (Wildman–Crippen LogP) is 3.06. The van der Waals surface area contributed by atoms with Gasteiger partial charge in [0.05, 0.1) is 23.6 Å². The van der Waals surface area contributed by atoms with Gasteiger partial charge >= 0.3 is 16.3 Å². The van der Waals surface area contributed by atoms with Crippen LogP contribution in [0.5, 0.6) is 0 Å². The second kappa shape index (κ2) is 12.2. The number of pyridine rings is 2. The number of nitrogens with zero attached hydrogens (tertiary/aromatic N) is 6. The lowest BCUT2D eigenvalue weighted by molar-refractivity contribution is 0.101. The van der Waals surface area contributed by atoms with Crippen LogP contribution in [0.4, 0.5) is 22.2 Å². The van der Waals surface area contributed by atoms with Gasteiger partial charge in [-0.1, -0.05) is 12.8 Å². The Kier molecular flexibility index (Phi) is 8.64. The number of fused-ring (bicyclic) bond motifs is 1. The minimum Gasteiger partial charge on any atom is -0.446 e. The average molecular weight is 613 g/mol. The molecule has 0 radical (unpaired) electrons. The molecule has 2 fully saturated rings. The SMILES string of the molecule is CC(=O)c1c(C)c2cnc(Nc3ccc(N4CCN(S(=O)(=O)NC(=O)OC(C)C)CC4)cn3)nc2n(C2CCCC2)c1=O. The molecule has 3 aromatic heterocycles. The fraction of sp³-hybridized carbons (Fsp3) is 0.500. The first kappa shape index (κ1) is 30.4. The third-order valence-electron chi connectivity index (χ3n) is 7.74. The van der Waals surface area contributed by atoms with Crippen LogP contribution in [0.1, 0.15) is 68.4 Å². The van der Waals surface area contributed by atoms with Gasteiger partial charge in [-0.05, 0) is 58.2 Å². The number of anilines is 3. The number of carbonyl (C=O) groups excluding carboxylic acids is 2. The predicted molar refractivity (Wildman–Crippen MR) is 161 cm³/mol. The molecule has 0 bridgehead atoms. The van der Waals surface area contributed by atoms with Crippen molar-refractivity contribution in [1.82, 2.24) is 28.5 Å². The minimum absolute atomic E-state index is 0.0195. The number of aromatic nitrogens is 4. The molecule has 15 heteroatoms. The molecule has 2 N–H and O–H groups in total. The number of ether oxygens (including phenoxy) is 1. The Morgan fingerprint density at radius 3 is 2.35 bits per heavy atom. The van der Waals surface area contributed by atoms with Crippen molar-refractivity contribution >= 4 is 50.6 Å². The maximum absolute atomic E-state index is 13.4. The lowest BCUT2D eigenvalue weighted by Gasteiger charge is -2.34. The van der Waals surface area contributed by atoms with Crippen LogP contribution >= 0.6 is 0 Å². The van der Waals surface area contributed by atoms with E-state index in [4.69, 9.17) is 9.72 Å². The Labute approximate surface area is 249 Å². The molecule has 1 saturated heterocycles. The van der Waals surface area contributed by atoms with Crippen LogP contribution in [0, 0.1) is 6.92 Å². The van der Waals surface area contributed by atoms with E-state index in [1.807, 2.05) is 15.7 Å². The fourth-order valence-corrected chi connectivity index (χ4v) is 6.70. The number of hydrogen-bond donors (Lipinski definition) is 2. The van der Waals surface area contributed by atoms with E-state index >= 15 is 0 Å². The zero-order chi connectivity index (χ0) is 30.9. The van der Waals surface area contributed by atoms with E-state index in [-0.39, 0.29) is 42.0 Å². The van der Waals surface area contributed by atoms with Crippen LogP contribution in [-0.2, 0) is 14.9 Å². The van der Waals surface area contributed by atoms with Gasteiger partial charge in [-0.15, -0.1) is 0 Å². The third kappa shape index (κ3) is 6.46. The molecule has 1 amide bonds.